The minimum absolute atomic E-state index is 0.263. The number of aromatic amines is 1. The molecule has 0 bridgehead atoms. The van der Waals surface area contributed by atoms with E-state index in [1.165, 1.54) is 6.33 Å². The first-order chi connectivity index (χ1) is 7.92. The Bertz CT molecular complexity index is 441. The number of H-pyrrole nitrogens is 1. The molecule has 2 heterocycles. The van der Waals surface area contributed by atoms with Gasteiger partial charge in [-0.1, -0.05) is 0 Å². The third-order valence-corrected chi connectivity index (χ3v) is 2.38. The summed E-state index contributed by atoms with van der Waals surface area (Å²) in [5, 5.41) is 19.5. The molecule has 2 aromatic heterocycles. The maximum absolute atomic E-state index is 8.64. The Morgan fingerprint density at radius 3 is 3.06 bits per heavy atom. The summed E-state index contributed by atoms with van der Waals surface area (Å²) in [6.07, 6.45) is 6.11. The second-order valence-corrected chi connectivity index (χ2v) is 3.57. The zero-order valence-corrected chi connectivity index (χ0v) is 8.98. The summed E-state index contributed by atoms with van der Waals surface area (Å²) in [7, 11) is 0. The third-order valence-electron chi connectivity index (χ3n) is 2.38. The molecular formula is C10H15N5O. The first-order valence-electron chi connectivity index (χ1n) is 5.40. The molecule has 0 saturated carbocycles. The number of unbranched alkanes of at least 4 members (excludes halogenated alkanes) is 2. The second-order valence-electron chi connectivity index (χ2n) is 3.57. The van der Waals surface area contributed by atoms with Crippen molar-refractivity contribution in [1.29, 1.82) is 0 Å². The molecule has 0 fully saturated rings. The van der Waals surface area contributed by atoms with Gasteiger partial charge in [0.1, 0.15) is 12.1 Å². The van der Waals surface area contributed by atoms with Crippen LogP contribution in [0.3, 0.4) is 0 Å². The van der Waals surface area contributed by atoms with Crippen LogP contribution in [-0.4, -0.2) is 38.4 Å². The van der Waals surface area contributed by atoms with E-state index in [2.05, 4.69) is 25.5 Å². The second kappa shape index (κ2) is 5.41. The molecule has 0 unspecified atom stereocenters. The van der Waals surface area contributed by atoms with Crippen molar-refractivity contribution >= 4 is 16.9 Å². The molecular weight excluding hydrogens is 206 g/mol. The minimum Gasteiger partial charge on any atom is -0.396 e. The normalized spacial score (nSPS) is 10.8. The quantitative estimate of drug-likeness (QED) is 0.632. The van der Waals surface area contributed by atoms with Gasteiger partial charge in [0, 0.05) is 13.2 Å². The van der Waals surface area contributed by atoms with Gasteiger partial charge in [0.05, 0.1) is 11.6 Å². The largest absolute Gasteiger partial charge is 0.396 e. The molecule has 6 nitrogen and oxygen atoms in total. The maximum atomic E-state index is 8.64. The number of rotatable bonds is 6. The average Bonchev–Trinajstić information content (AvgIpc) is 2.77. The van der Waals surface area contributed by atoms with Crippen LogP contribution < -0.4 is 5.32 Å². The lowest BCUT2D eigenvalue weighted by molar-refractivity contribution is 0.283. The van der Waals surface area contributed by atoms with Crippen LogP contribution in [0.2, 0.25) is 0 Å². The summed E-state index contributed by atoms with van der Waals surface area (Å²) in [5.41, 5.74) is 0.743. The molecule has 0 atom stereocenters. The maximum Gasteiger partial charge on any atom is 0.160 e. The van der Waals surface area contributed by atoms with E-state index in [0.717, 1.165) is 42.7 Å². The van der Waals surface area contributed by atoms with Crippen molar-refractivity contribution in [1.82, 2.24) is 20.2 Å². The fourth-order valence-corrected chi connectivity index (χ4v) is 1.53. The van der Waals surface area contributed by atoms with Gasteiger partial charge in [-0.05, 0) is 19.3 Å². The van der Waals surface area contributed by atoms with Crippen LogP contribution >= 0.6 is 0 Å². The van der Waals surface area contributed by atoms with Crippen LogP contribution in [0.5, 0.6) is 0 Å². The van der Waals surface area contributed by atoms with E-state index in [1.807, 2.05) is 0 Å². The molecule has 0 amide bonds. The first kappa shape index (κ1) is 10.8. The lowest BCUT2D eigenvalue weighted by Crippen LogP contribution is -2.04. The predicted molar refractivity (Wildman–Crippen MR) is 61.1 cm³/mol. The van der Waals surface area contributed by atoms with Crippen molar-refractivity contribution in [2.75, 3.05) is 18.5 Å². The number of fused-ring (bicyclic) bond motifs is 1. The molecule has 0 spiro atoms. The molecule has 0 radical (unpaired) electrons. The highest BCUT2D eigenvalue weighted by Gasteiger charge is 2.03. The van der Waals surface area contributed by atoms with Crippen LogP contribution in [0.4, 0.5) is 5.82 Å². The molecule has 0 aliphatic heterocycles. The number of hydrogen-bond donors (Lipinski definition) is 3. The molecule has 16 heavy (non-hydrogen) atoms. The number of aliphatic hydroxyl groups excluding tert-OH is 1. The van der Waals surface area contributed by atoms with Gasteiger partial charge in [-0.2, -0.15) is 5.10 Å². The van der Waals surface area contributed by atoms with E-state index in [1.54, 1.807) is 6.20 Å². The highest BCUT2D eigenvalue weighted by Crippen LogP contribution is 2.15. The molecule has 0 saturated heterocycles. The molecule has 0 aromatic carbocycles. The Morgan fingerprint density at radius 1 is 1.25 bits per heavy atom. The minimum atomic E-state index is 0.263. The molecule has 6 heteroatoms. The van der Waals surface area contributed by atoms with E-state index in [9.17, 15) is 0 Å². The number of hydrogen-bond acceptors (Lipinski definition) is 5. The fourth-order valence-electron chi connectivity index (χ4n) is 1.53. The van der Waals surface area contributed by atoms with Crippen molar-refractivity contribution in [2.45, 2.75) is 19.3 Å². The van der Waals surface area contributed by atoms with Crippen molar-refractivity contribution in [3.05, 3.63) is 12.5 Å². The molecule has 3 N–H and O–H groups in total. The van der Waals surface area contributed by atoms with E-state index < -0.39 is 0 Å². The highest BCUT2D eigenvalue weighted by atomic mass is 16.2. The summed E-state index contributed by atoms with van der Waals surface area (Å²) in [6, 6.07) is 0. The van der Waals surface area contributed by atoms with Gasteiger partial charge in [0.25, 0.3) is 0 Å². The first-order valence-corrected chi connectivity index (χ1v) is 5.40. The lowest BCUT2D eigenvalue weighted by atomic mass is 10.2. The van der Waals surface area contributed by atoms with E-state index in [0.29, 0.717) is 0 Å². The van der Waals surface area contributed by atoms with E-state index in [-0.39, 0.29) is 6.61 Å². The van der Waals surface area contributed by atoms with Gasteiger partial charge in [-0.3, -0.25) is 5.10 Å². The van der Waals surface area contributed by atoms with Gasteiger partial charge in [-0.15, -0.1) is 0 Å². The van der Waals surface area contributed by atoms with Crippen LogP contribution in [0.1, 0.15) is 19.3 Å². The summed E-state index contributed by atoms with van der Waals surface area (Å²) in [4.78, 5) is 8.22. The highest BCUT2D eigenvalue weighted by molar-refractivity contribution is 5.85. The van der Waals surface area contributed by atoms with Crippen LogP contribution in [-0.2, 0) is 0 Å². The van der Waals surface area contributed by atoms with E-state index >= 15 is 0 Å². The molecule has 0 aliphatic rings. The third kappa shape index (κ3) is 2.46. The molecule has 86 valence electrons. The van der Waals surface area contributed by atoms with Crippen molar-refractivity contribution in [2.24, 2.45) is 0 Å². The van der Waals surface area contributed by atoms with Gasteiger partial charge in [-0.25, -0.2) is 9.97 Å². The van der Waals surface area contributed by atoms with Crippen LogP contribution in [0.25, 0.3) is 11.0 Å². The zero-order valence-electron chi connectivity index (χ0n) is 8.98. The summed E-state index contributed by atoms with van der Waals surface area (Å²) in [5.74, 6) is 0.808. The SMILES string of the molecule is OCCCCCNc1ncnc2[nH]ncc12. The average molecular weight is 221 g/mol. The number of nitrogens with zero attached hydrogens (tertiary/aromatic N) is 3. The fraction of sp³-hybridized carbons (Fsp3) is 0.500. The monoisotopic (exact) mass is 221 g/mol. The topological polar surface area (TPSA) is 86.7 Å². The number of anilines is 1. The molecule has 2 rings (SSSR count). The van der Waals surface area contributed by atoms with Crippen LogP contribution in [0.15, 0.2) is 12.5 Å². The zero-order chi connectivity index (χ0) is 11.2. The Labute approximate surface area is 93.1 Å². The Hall–Kier alpha value is -1.69. The van der Waals surface area contributed by atoms with E-state index in [4.69, 9.17) is 5.11 Å². The molecule has 0 aliphatic carbocycles. The van der Waals surface area contributed by atoms with Gasteiger partial charge >= 0.3 is 0 Å². The van der Waals surface area contributed by atoms with Crippen molar-refractivity contribution in [3.8, 4) is 0 Å². The van der Waals surface area contributed by atoms with Gasteiger partial charge in [0.2, 0.25) is 0 Å². The summed E-state index contributed by atoms with van der Waals surface area (Å²) in [6.45, 7) is 1.11. The number of aliphatic hydroxyl groups is 1. The number of nitrogens with one attached hydrogen (secondary N) is 2. The lowest BCUT2D eigenvalue weighted by Gasteiger charge is -2.05. The van der Waals surface area contributed by atoms with Crippen molar-refractivity contribution < 1.29 is 5.11 Å². The summed E-state index contributed by atoms with van der Waals surface area (Å²) >= 11 is 0. The smallest absolute Gasteiger partial charge is 0.160 e. The molecule has 2 aromatic rings. The predicted octanol–water partition coefficient (Wildman–Crippen LogP) is 0.927. The van der Waals surface area contributed by atoms with Gasteiger partial charge < -0.3 is 10.4 Å². The van der Waals surface area contributed by atoms with Crippen molar-refractivity contribution in [3.63, 3.8) is 0 Å². The Kier molecular flexibility index (Phi) is 3.66. The number of aromatic nitrogens is 4. The van der Waals surface area contributed by atoms with Gasteiger partial charge in [0.15, 0.2) is 5.65 Å². The Morgan fingerprint density at radius 2 is 2.19 bits per heavy atom. The summed E-state index contributed by atoms with van der Waals surface area (Å²) < 4.78 is 0. The standard InChI is InChI=1S/C10H15N5O/c16-5-3-1-2-4-11-9-8-6-14-15-10(8)13-7-12-9/h6-7,16H,1-5H2,(H2,11,12,13,14,15). The van der Waals surface area contributed by atoms with Crippen LogP contribution in [0, 0.1) is 0 Å². The Balaban J connectivity index is 1.91.